The van der Waals surface area contributed by atoms with Crippen LogP contribution < -0.4 is 5.56 Å². The highest BCUT2D eigenvalue weighted by Gasteiger charge is 2.31. The van der Waals surface area contributed by atoms with Gasteiger partial charge in [-0.25, -0.2) is 5.10 Å². The highest BCUT2D eigenvalue weighted by Crippen LogP contribution is 2.33. The van der Waals surface area contributed by atoms with E-state index in [-0.39, 0.29) is 17.5 Å². The molecule has 2 aromatic rings. The van der Waals surface area contributed by atoms with Crippen molar-refractivity contribution in [2.24, 2.45) is 0 Å². The van der Waals surface area contributed by atoms with Crippen molar-refractivity contribution in [1.29, 1.82) is 0 Å². The minimum Gasteiger partial charge on any atom is -0.330 e. The number of likely N-dealkylation sites (tertiary alicyclic amines) is 1. The van der Waals surface area contributed by atoms with E-state index in [4.69, 9.17) is 0 Å². The third-order valence-corrected chi connectivity index (χ3v) is 4.04. The van der Waals surface area contributed by atoms with Crippen molar-refractivity contribution in [3.63, 3.8) is 0 Å². The Morgan fingerprint density at radius 3 is 3.00 bits per heavy atom. The Morgan fingerprint density at radius 2 is 2.32 bits per heavy atom. The van der Waals surface area contributed by atoms with Crippen LogP contribution in [0.15, 0.2) is 33.8 Å². The second-order valence-corrected chi connectivity index (χ2v) is 5.30. The fourth-order valence-electron chi connectivity index (χ4n) is 2.43. The van der Waals surface area contributed by atoms with Gasteiger partial charge in [0, 0.05) is 12.6 Å². The zero-order chi connectivity index (χ0) is 13.2. The number of H-pyrrole nitrogens is 1. The Labute approximate surface area is 113 Å². The summed E-state index contributed by atoms with van der Waals surface area (Å²) in [6.07, 6.45) is 1.97. The van der Waals surface area contributed by atoms with Crippen LogP contribution in [0.4, 0.5) is 0 Å². The molecule has 1 aliphatic rings. The normalized spacial score (nSPS) is 18.7. The molecule has 2 aromatic heterocycles. The average Bonchev–Trinajstić information content (AvgIpc) is 3.09. The molecule has 6 heteroatoms. The first-order chi connectivity index (χ1) is 9.25. The molecule has 3 heterocycles. The summed E-state index contributed by atoms with van der Waals surface area (Å²) in [7, 11) is 0. The lowest BCUT2D eigenvalue weighted by atomic mass is 10.1. The van der Waals surface area contributed by atoms with Gasteiger partial charge in [-0.15, -0.1) is 0 Å². The molecule has 0 aliphatic carbocycles. The van der Waals surface area contributed by atoms with Crippen molar-refractivity contribution in [2.75, 3.05) is 6.54 Å². The zero-order valence-corrected chi connectivity index (χ0v) is 11.0. The standard InChI is InChI=1S/C13H13N3O2S/c17-12-4-3-10(14-15-12)13(18)16-6-1-2-11(16)9-5-7-19-8-9/h3-5,7-8,11H,1-2,6H2,(H,15,17)/t11-/m0/s1. The number of amides is 1. The topological polar surface area (TPSA) is 66.1 Å². The van der Waals surface area contributed by atoms with Crippen LogP contribution in [-0.2, 0) is 0 Å². The molecule has 1 atom stereocenters. The van der Waals surface area contributed by atoms with Gasteiger partial charge in [0.2, 0.25) is 0 Å². The van der Waals surface area contributed by atoms with E-state index in [1.807, 2.05) is 10.3 Å². The van der Waals surface area contributed by atoms with Crippen molar-refractivity contribution in [3.05, 3.63) is 50.6 Å². The summed E-state index contributed by atoms with van der Waals surface area (Å²) < 4.78 is 0. The summed E-state index contributed by atoms with van der Waals surface area (Å²) in [6.45, 7) is 0.736. The number of aromatic nitrogens is 2. The van der Waals surface area contributed by atoms with E-state index in [1.54, 1.807) is 11.3 Å². The smallest absolute Gasteiger partial charge is 0.274 e. The molecule has 1 amide bonds. The fraction of sp³-hybridized carbons (Fsp3) is 0.308. The number of nitrogens with one attached hydrogen (secondary N) is 1. The second-order valence-electron chi connectivity index (χ2n) is 4.52. The summed E-state index contributed by atoms with van der Waals surface area (Å²) in [5, 5.41) is 10.2. The van der Waals surface area contributed by atoms with E-state index < -0.39 is 0 Å². The Morgan fingerprint density at radius 1 is 1.42 bits per heavy atom. The Hall–Kier alpha value is -1.95. The van der Waals surface area contributed by atoms with E-state index in [1.165, 1.54) is 17.7 Å². The molecular weight excluding hydrogens is 262 g/mol. The maximum absolute atomic E-state index is 12.4. The number of aromatic amines is 1. The molecule has 1 aliphatic heterocycles. The van der Waals surface area contributed by atoms with Gasteiger partial charge in [-0.1, -0.05) is 0 Å². The molecule has 1 N–H and O–H groups in total. The van der Waals surface area contributed by atoms with Crippen LogP contribution in [0.1, 0.15) is 34.9 Å². The van der Waals surface area contributed by atoms with Crippen LogP contribution >= 0.6 is 11.3 Å². The van der Waals surface area contributed by atoms with Gasteiger partial charge in [0.15, 0.2) is 0 Å². The Kier molecular flexibility index (Phi) is 3.16. The monoisotopic (exact) mass is 275 g/mol. The maximum atomic E-state index is 12.4. The van der Waals surface area contributed by atoms with Gasteiger partial charge in [0.05, 0.1) is 6.04 Å². The van der Waals surface area contributed by atoms with E-state index in [0.717, 1.165) is 19.4 Å². The molecule has 0 bridgehead atoms. The predicted octanol–water partition coefficient (Wildman–Crippen LogP) is 1.81. The largest absolute Gasteiger partial charge is 0.330 e. The summed E-state index contributed by atoms with van der Waals surface area (Å²) in [5.74, 6) is -0.120. The van der Waals surface area contributed by atoms with E-state index in [2.05, 4.69) is 21.6 Å². The van der Waals surface area contributed by atoms with Crippen molar-refractivity contribution in [2.45, 2.75) is 18.9 Å². The zero-order valence-electron chi connectivity index (χ0n) is 10.2. The number of carbonyl (C=O) groups excluding carboxylic acids is 1. The van der Waals surface area contributed by atoms with Gasteiger partial charge in [-0.3, -0.25) is 9.59 Å². The Balaban J connectivity index is 1.86. The third-order valence-electron chi connectivity index (χ3n) is 3.34. The average molecular weight is 275 g/mol. The minimum atomic E-state index is -0.299. The molecule has 5 nitrogen and oxygen atoms in total. The molecular formula is C13H13N3O2S. The van der Waals surface area contributed by atoms with Gasteiger partial charge in [0.25, 0.3) is 11.5 Å². The summed E-state index contributed by atoms with van der Waals surface area (Å²) in [6, 6.07) is 4.99. The van der Waals surface area contributed by atoms with Crippen molar-refractivity contribution in [1.82, 2.24) is 15.1 Å². The van der Waals surface area contributed by atoms with Crippen molar-refractivity contribution >= 4 is 17.2 Å². The fourth-order valence-corrected chi connectivity index (χ4v) is 3.14. The number of thiophene rings is 1. The third kappa shape index (κ3) is 2.31. The number of carbonyl (C=O) groups is 1. The SMILES string of the molecule is O=C(c1ccc(=O)[nH]n1)N1CCC[C@H]1c1ccsc1. The molecule has 98 valence electrons. The van der Waals surface area contributed by atoms with Crippen LogP contribution in [0.5, 0.6) is 0 Å². The lowest BCUT2D eigenvalue weighted by Gasteiger charge is -2.23. The molecule has 0 aromatic carbocycles. The summed E-state index contributed by atoms with van der Waals surface area (Å²) in [5.41, 5.74) is 1.18. The van der Waals surface area contributed by atoms with Crippen LogP contribution in [0.25, 0.3) is 0 Å². The van der Waals surface area contributed by atoms with Crippen LogP contribution in [-0.4, -0.2) is 27.5 Å². The summed E-state index contributed by atoms with van der Waals surface area (Å²) >= 11 is 1.64. The molecule has 19 heavy (non-hydrogen) atoms. The highest BCUT2D eigenvalue weighted by molar-refractivity contribution is 7.07. The van der Waals surface area contributed by atoms with Gasteiger partial charge < -0.3 is 4.90 Å². The first kappa shape index (κ1) is 12.1. The lowest BCUT2D eigenvalue weighted by Crippen LogP contribution is -2.31. The van der Waals surface area contributed by atoms with Crippen LogP contribution in [0, 0.1) is 0 Å². The molecule has 0 saturated carbocycles. The molecule has 0 spiro atoms. The highest BCUT2D eigenvalue weighted by atomic mass is 32.1. The van der Waals surface area contributed by atoms with Gasteiger partial charge in [-0.2, -0.15) is 16.4 Å². The van der Waals surface area contributed by atoms with Crippen LogP contribution in [0.2, 0.25) is 0 Å². The lowest BCUT2D eigenvalue weighted by molar-refractivity contribution is 0.0728. The molecule has 1 saturated heterocycles. The predicted molar refractivity (Wildman–Crippen MR) is 72.2 cm³/mol. The summed E-state index contributed by atoms with van der Waals surface area (Å²) in [4.78, 5) is 25.2. The molecule has 3 rings (SSSR count). The first-order valence-corrected chi connectivity index (χ1v) is 7.09. The number of nitrogens with zero attached hydrogens (tertiary/aromatic N) is 2. The van der Waals surface area contributed by atoms with E-state index in [0.29, 0.717) is 5.69 Å². The van der Waals surface area contributed by atoms with Gasteiger partial charge in [0.1, 0.15) is 5.69 Å². The Bertz CT molecular complexity index is 615. The van der Waals surface area contributed by atoms with Gasteiger partial charge in [-0.05, 0) is 41.3 Å². The van der Waals surface area contributed by atoms with E-state index >= 15 is 0 Å². The first-order valence-electron chi connectivity index (χ1n) is 6.14. The minimum absolute atomic E-state index is 0.120. The van der Waals surface area contributed by atoms with E-state index in [9.17, 15) is 9.59 Å². The van der Waals surface area contributed by atoms with Gasteiger partial charge >= 0.3 is 0 Å². The van der Waals surface area contributed by atoms with Crippen molar-refractivity contribution < 1.29 is 4.79 Å². The number of hydrogen-bond donors (Lipinski definition) is 1. The number of rotatable bonds is 2. The molecule has 0 unspecified atom stereocenters. The maximum Gasteiger partial charge on any atom is 0.274 e. The van der Waals surface area contributed by atoms with Crippen molar-refractivity contribution in [3.8, 4) is 0 Å². The molecule has 0 radical (unpaired) electrons. The van der Waals surface area contributed by atoms with Crippen LogP contribution in [0.3, 0.4) is 0 Å². The second kappa shape index (κ2) is 4.97. The number of hydrogen-bond acceptors (Lipinski definition) is 4. The quantitative estimate of drug-likeness (QED) is 0.909. The molecule has 1 fully saturated rings.